The highest BCUT2D eigenvalue weighted by Crippen LogP contribution is 2.24. The van der Waals surface area contributed by atoms with Gasteiger partial charge in [0.15, 0.2) is 5.82 Å². The Kier molecular flexibility index (Phi) is 5.65. The second kappa shape index (κ2) is 9.27. The van der Waals surface area contributed by atoms with Gasteiger partial charge in [-0.2, -0.15) is 5.10 Å². The summed E-state index contributed by atoms with van der Waals surface area (Å²) in [6.45, 7) is 1.94. The molecule has 6 rings (SSSR count). The number of ketones is 1. The third-order valence-electron chi connectivity index (χ3n) is 6.30. The highest BCUT2D eigenvalue weighted by Gasteiger charge is 2.14. The molecule has 0 amide bonds. The number of carbonyl (C=O) groups is 1. The van der Waals surface area contributed by atoms with E-state index in [0.717, 1.165) is 56.4 Å². The van der Waals surface area contributed by atoms with E-state index in [1.165, 1.54) is 0 Å². The number of pyridine rings is 2. The Morgan fingerprint density at radius 1 is 0.946 bits per heavy atom. The first-order valence-corrected chi connectivity index (χ1v) is 11.9. The van der Waals surface area contributed by atoms with Crippen molar-refractivity contribution in [1.82, 2.24) is 39.3 Å². The van der Waals surface area contributed by atoms with E-state index in [4.69, 9.17) is 4.98 Å². The molecule has 0 spiro atoms. The number of fused-ring (bicyclic) bond motifs is 1. The minimum Gasteiger partial charge on any atom is -0.338 e. The molecule has 5 heterocycles. The van der Waals surface area contributed by atoms with Gasteiger partial charge < -0.3 is 4.98 Å². The van der Waals surface area contributed by atoms with Gasteiger partial charge in [-0.15, -0.1) is 0 Å². The van der Waals surface area contributed by atoms with E-state index in [1.807, 2.05) is 73.3 Å². The zero-order valence-electron chi connectivity index (χ0n) is 20.5. The van der Waals surface area contributed by atoms with E-state index in [0.29, 0.717) is 12.8 Å². The summed E-state index contributed by atoms with van der Waals surface area (Å²) in [4.78, 5) is 33.9. The zero-order valence-corrected chi connectivity index (χ0v) is 20.5. The molecular weight excluding hydrogens is 464 g/mol. The lowest BCUT2D eigenvalue weighted by Crippen LogP contribution is -2.10. The number of aromatic amines is 1. The van der Waals surface area contributed by atoms with Crippen LogP contribution in [0.4, 0.5) is 0 Å². The molecule has 9 heteroatoms. The molecule has 5 aromatic heterocycles. The van der Waals surface area contributed by atoms with E-state index in [-0.39, 0.29) is 5.78 Å². The first-order valence-electron chi connectivity index (χ1n) is 11.9. The number of Topliss-reactive ketones (excluding diaryl/α,β-unsaturated/α-hetero) is 1. The van der Waals surface area contributed by atoms with Crippen molar-refractivity contribution in [2.24, 2.45) is 7.05 Å². The maximum absolute atomic E-state index is 12.8. The largest absolute Gasteiger partial charge is 0.338 e. The van der Waals surface area contributed by atoms with Crippen molar-refractivity contribution in [2.75, 3.05) is 0 Å². The molecule has 0 aliphatic carbocycles. The van der Waals surface area contributed by atoms with Crippen LogP contribution in [0.3, 0.4) is 0 Å². The third-order valence-corrected chi connectivity index (χ3v) is 6.30. The van der Waals surface area contributed by atoms with Gasteiger partial charge in [0.1, 0.15) is 23.5 Å². The van der Waals surface area contributed by atoms with Gasteiger partial charge in [-0.25, -0.2) is 15.0 Å². The minimum absolute atomic E-state index is 0.132. The van der Waals surface area contributed by atoms with Gasteiger partial charge in [0.05, 0.1) is 16.9 Å². The topological polar surface area (TPSA) is 107 Å². The lowest BCUT2D eigenvalue weighted by molar-refractivity contribution is -0.117. The fraction of sp³-hybridized carbons (Fsp3) is 0.143. The monoisotopic (exact) mass is 488 g/mol. The highest BCUT2D eigenvalue weighted by atomic mass is 16.1. The van der Waals surface area contributed by atoms with Crippen LogP contribution >= 0.6 is 0 Å². The maximum Gasteiger partial charge on any atom is 0.166 e. The van der Waals surface area contributed by atoms with Crippen molar-refractivity contribution in [3.8, 4) is 28.5 Å². The van der Waals surface area contributed by atoms with Crippen LogP contribution in [0.2, 0.25) is 0 Å². The van der Waals surface area contributed by atoms with Gasteiger partial charge in [0.25, 0.3) is 0 Å². The highest BCUT2D eigenvalue weighted by molar-refractivity contribution is 5.85. The molecule has 0 saturated carbocycles. The Labute approximate surface area is 212 Å². The summed E-state index contributed by atoms with van der Waals surface area (Å²) >= 11 is 0. The standard InChI is InChI=1S/C28H24N8O/c1-18-16-36(17-31-18)28-26-24(9-12-30-28)32-27(33-26)21-5-3-19(4-6-21)13-23(37)14-22-15-25(34-35(22)2)20-7-10-29-11-8-20/h3-12,15-17H,13-14H2,1-2H3,(H,32,33). The van der Waals surface area contributed by atoms with E-state index in [2.05, 4.69) is 25.0 Å². The summed E-state index contributed by atoms with van der Waals surface area (Å²) in [6.07, 6.45) is 9.57. The quantitative estimate of drug-likeness (QED) is 0.360. The molecule has 6 aromatic rings. The van der Waals surface area contributed by atoms with E-state index in [1.54, 1.807) is 29.6 Å². The van der Waals surface area contributed by atoms with Gasteiger partial charge in [-0.05, 0) is 36.8 Å². The van der Waals surface area contributed by atoms with Crippen molar-refractivity contribution >= 4 is 16.8 Å². The second-order valence-electron chi connectivity index (χ2n) is 9.01. The van der Waals surface area contributed by atoms with Crippen LogP contribution in [0.25, 0.3) is 39.5 Å². The smallest absolute Gasteiger partial charge is 0.166 e. The van der Waals surface area contributed by atoms with Crippen molar-refractivity contribution in [1.29, 1.82) is 0 Å². The van der Waals surface area contributed by atoms with Gasteiger partial charge in [0.2, 0.25) is 0 Å². The normalized spacial score (nSPS) is 11.3. The number of imidazole rings is 2. The van der Waals surface area contributed by atoms with Gasteiger partial charge in [0, 0.05) is 61.5 Å². The molecular formula is C28H24N8O. The number of H-pyrrole nitrogens is 1. The molecule has 0 atom stereocenters. The number of rotatable bonds is 7. The van der Waals surface area contributed by atoms with Crippen LogP contribution in [0, 0.1) is 6.92 Å². The van der Waals surface area contributed by atoms with E-state index in [9.17, 15) is 4.79 Å². The molecule has 1 aromatic carbocycles. The van der Waals surface area contributed by atoms with Crippen molar-refractivity contribution < 1.29 is 4.79 Å². The molecule has 9 nitrogen and oxygen atoms in total. The molecule has 37 heavy (non-hydrogen) atoms. The Hall–Kier alpha value is -4.92. The average Bonchev–Trinajstić information content (AvgIpc) is 3.63. The van der Waals surface area contributed by atoms with Gasteiger partial charge >= 0.3 is 0 Å². The third kappa shape index (κ3) is 4.54. The number of hydrogen-bond acceptors (Lipinski definition) is 6. The minimum atomic E-state index is 0.132. The molecule has 0 radical (unpaired) electrons. The van der Waals surface area contributed by atoms with Crippen LogP contribution in [0.1, 0.15) is 17.0 Å². The zero-order chi connectivity index (χ0) is 25.4. The van der Waals surface area contributed by atoms with Crippen LogP contribution < -0.4 is 0 Å². The molecule has 0 fully saturated rings. The number of aromatic nitrogens is 8. The molecule has 0 aliphatic rings. The lowest BCUT2D eigenvalue weighted by Gasteiger charge is -2.04. The lowest BCUT2D eigenvalue weighted by atomic mass is 10.0. The first-order chi connectivity index (χ1) is 18.0. The summed E-state index contributed by atoms with van der Waals surface area (Å²) in [7, 11) is 1.87. The van der Waals surface area contributed by atoms with Crippen LogP contribution in [-0.4, -0.2) is 45.1 Å². The Bertz CT molecular complexity index is 1710. The number of benzene rings is 1. The Balaban J connectivity index is 1.17. The molecule has 0 saturated heterocycles. The summed E-state index contributed by atoms with van der Waals surface area (Å²) < 4.78 is 3.64. The second-order valence-corrected chi connectivity index (χ2v) is 9.01. The van der Waals surface area contributed by atoms with Gasteiger partial charge in [-0.1, -0.05) is 24.3 Å². The fourth-order valence-corrected chi connectivity index (χ4v) is 4.39. The fourth-order valence-electron chi connectivity index (χ4n) is 4.39. The number of hydrogen-bond donors (Lipinski definition) is 1. The number of nitrogens with one attached hydrogen (secondary N) is 1. The average molecular weight is 489 g/mol. The molecule has 1 N–H and O–H groups in total. The first kappa shape index (κ1) is 22.5. The molecule has 0 bridgehead atoms. The number of carbonyl (C=O) groups excluding carboxylic acids is 1. The van der Waals surface area contributed by atoms with Crippen molar-refractivity contribution in [3.05, 3.63) is 96.6 Å². The molecule has 0 unspecified atom stereocenters. The Morgan fingerprint density at radius 2 is 1.76 bits per heavy atom. The van der Waals surface area contributed by atoms with Crippen LogP contribution in [-0.2, 0) is 24.7 Å². The summed E-state index contributed by atoms with van der Waals surface area (Å²) in [5.41, 5.74) is 7.18. The summed E-state index contributed by atoms with van der Waals surface area (Å²) in [5, 5.41) is 4.55. The predicted molar refractivity (Wildman–Crippen MR) is 140 cm³/mol. The van der Waals surface area contributed by atoms with Crippen molar-refractivity contribution in [3.63, 3.8) is 0 Å². The Morgan fingerprint density at radius 3 is 2.51 bits per heavy atom. The van der Waals surface area contributed by atoms with Crippen molar-refractivity contribution in [2.45, 2.75) is 19.8 Å². The van der Waals surface area contributed by atoms with E-state index < -0.39 is 0 Å². The SMILES string of the molecule is Cc1cn(-c2nccc3[nH]c(-c4ccc(CC(=O)Cc5cc(-c6ccncc6)nn5C)cc4)nc23)cn1. The summed E-state index contributed by atoms with van der Waals surface area (Å²) in [5.74, 6) is 1.61. The molecule has 182 valence electrons. The molecule has 0 aliphatic heterocycles. The predicted octanol–water partition coefficient (Wildman–Crippen LogP) is 4.27. The maximum atomic E-state index is 12.8. The van der Waals surface area contributed by atoms with Gasteiger partial charge in [-0.3, -0.25) is 19.0 Å². The van der Waals surface area contributed by atoms with Crippen LogP contribution in [0.15, 0.2) is 79.6 Å². The van der Waals surface area contributed by atoms with E-state index >= 15 is 0 Å². The number of aryl methyl sites for hydroxylation is 2. The summed E-state index contributed by atoms with van der Waals surface area (Å²) in [6, 6.07) is 15.6. The van der Waals surface area contributed by atoms with Crippen LogP contribution in [0.5, 0.6) is 0 Å². The number of nitrogens with zero attached hydrogens (tertiary/aromatic N) is 7.